The van der Waals surface area contributed by atoms with Crippen LogP contribution in [0.5, 0.6) is 0 Å². The smallest absolute Gasteiger partial charge is 0.0931 e. The minimum Gasteiger partial charge on any atom is -0.329 e. The van der Waals surface area contributed by atoms with Crippen molar-refractivity contribution in [3.05, 3.63) is 33.7 Å². The molecule has 1 atom stereocenters. The van der Waals surface area contributed by atoms with Crippen molar-refractivity contribution in [1.29, 1.82) is 0 Å². The molecule has 0 radical (unpaired) electrons. The highest BCUT2D eigenvalue weighted by molar-refractivity contribution is 7.99. The van der Waals surface area contributed by atoms with Crippen molar-refractivity contribution in [3.8, 4) is 0 Å². The summed E-state index contributed by atoms with van der Waals surface area (Å²) < 4.78 is 2.59. The summed E-state index contributed by atoms with van der Waals surface area (Å²) in [7, 11) is 1.91. The second kappa shape index (κ2) is 5.23. The predicted octanol–water partition coefficient (Wildman–Crippen LogP) is 2.93. The first-order valence-electron chi connectivity index (χ1n) is 4.79. The first-order valence-corrected chi connectivity index (χ1v) is 6.87. The van der Waals surface area contributed by atoms with E-state index in [0.29, 0.717) is 6.54 Å². The van der Waals surface area contributed by atoms with Crippen molar-refractivity contribution in [2.45, 2.75) is 10.1 Å². The highest BCUT2D eigenvalue weighted by Gasteiger charge is 2.14. The van der Waals surface area contributed by atoms with Crippen molar-refractivity contribution in [2.75, 3.05) is 6.54 Å². The van der Waals surface area contributed by atoms with Crippen molar-refractivity contribution in [3.63, 3.8) is 0 Å². The Bertz CT molecular complexity index is 466. The van der Waals surface area contributed by atoms with Crippen LogP contribution in [0.25, 0.3) is 0 Å². The van der Waals surface area contributed by atoms with E-state index in [1.165, 1.54) is 4.88 Å². The van der Waals surface area contributed by atoms with Crippen LogP contribution in [0.3, 0.4) is 0 Å². The van der Waals surface area contributed by atoms with Crippen LogP contribution in [0.4, 0.5) is 0 Å². The van der Waals surface area contributed by atoms with Crippen LogP contribution >= 0.6 is 34.7 Å². The molecule has 2 heterocycles. The summed E-state index contributed by atoms with van der Waals surface area (Å²) in [6.45, 7) is 0.594. The molecule has 86 valence electrons. The number of aromatic nitrogens is 2. The summed E-state index contributed by atoms with van der Waals surface area (Å²) in [4.78, 5) is 2.34. The quantitative estimate of drug-likeness (QED) is 0.871. The van der Waals surface area contributed by atoms with Gasteiger partial charge in [-0.1, -0.05) is 11.6 Å². The van der Waals surface area contributed by atoms with Gasteiger partial charge < -0.3 is 5.73 Å². The van der Waals surface area contributed by atoms with E-state index in [0.717, 1.165) is 9.23 Å². The van der Waals surface area contributed by atoms with E-state index in [-0.39, 0.29) is 5.25 Å². The molecule has 0 bridgehead atoms. The zero-order valence-corrected chi connectivity index (χ0v) is 11.1. The van der Waals surface area contributed by atoms with E-state index in [1.54, 1.807) is 27.8 Å². The van der Waals surface area contributed by atoms with Gasteiger partial charge in [0.1, 0.15) is 0 Å². The van der Waals surface area contributed by atoms with Gasteiger partial charge in [0.25, 0.3) is 0 Å². The Morgan fingerprint density at radius 1 is 1.62 bits per heavy atom. The van der Waals surface area contributed by atoms with Gasteiger partial charge in [-0.15, -0.1) is 23.1 Å². The fourth-order valence-corrected chi connectivity index (χ4v) is 3.63. The monoisotopic (exact) mass is 273 g/mol. The van der Waals surface area contributed by atoms with Crippen LogP contribution < -0.4 is 5.73 Å². The average molecular weight is 274 g/mol. The number of hydrogen-bond donors (Lipinski definition) is 1. The largest absolute Gasteiger partial charge is 0.329 e. The van der Waals surface area contributed by atoms with Crippen LogP contribution in [-0.4, -0.2) is 16.3 Å². The molecule has 16 heavy (non-hydrogen) atoms. The summed E-state index contributed by atoms with van der Waals surface area (Å²) in [6.07, 6.45) is 3.84. The zero-order valence-electron chi connectivity index (χ0n) is 8.76. The minimum atomic E-state index is 0.252. The summed E-state index contributed by atoms with van der Waals surface area (Å²) >= 11 is 9.22. The second-order valence-electron chi connectivity index (χ2n) is 3.33. The fourth-order valence-electron chi connectivity index (χ4n) is 1.35. The molecule has 0 saturated carbocycles. The molecule has 0 aliphatic carbocycles. The molecular weight excluding hydrogens is 262 g/mol. The summed E-state index contributed by atoms with van der Waals surface area (Å²) in [5, 5.41) is 4.39. The first kappa shape index (κ1) is 12.0. The highest BCUT2D eigenvalue weighted by atomic mass is 35.5. The molecule has 0 aromatic carbocycles. The second-order valence-corrected chi connectivity index (χ2v) is 6.36. The highest BCUT2D eigenvalue weighted by Crippen LogP contribution is 2.38. The van der Waals surface area contributed by atoms with Gasteiger partial charge >= 0.3 is 0 Å². The topological polar surface area (TPSA) is 43.8 Å². The van der Waals surface area contributed by atoms with Crippen LogP contribution in [0, 0.1) is 0 Å². The Morgan fingerprint density at radius 2 is 2.44 bits per heavy atom. The maximum absolute atomic E-state index is 5.92. The fraction of sp³-hybridized carbons (Fsp3) is 0.300. The molecule has 0 aliphatic rings. The van der Waals surface area contributed by atoms with Crippen molar-refractivity contribution in [2.24, 2.45) is 12.8 Å². The number of thiophene rings is 1. The van der Waals surface area contributed by atoms with E-state index in [2.05, 4.69) is 5.10 Å². The lowest BCUT2D eigenvalue weighted by Gasteiger charge is -2.10. The average Bonchev–Trinajstić information content (AvgIpc) is 2.84. The number of nitrogens with two attached hydrogens (primary N) is 1. The third kappa shape index (κ3) is 2.79. The van der Waals surface area contributed by atoms with Crippen molar-refractivity contribution < 1.29 is 0 Å². The maximum Gasteiger partial charge on any atom is 0.0931 e. The van der Waals surface area contributed by atoms with Gasteiger partial charge in [0.05, 0.1) is 15.8 Å². The van der Waals surface area contributed by atoms with Crippen molar-refractivity contribution in [1.82, 2.24) is 9.78 Å². The molecule has 0 fully saturated rings. The molecule has 0 saturated heterocycles. The lowest BCUT2D eigenvalue weighted by molar-refractivity contribution is 0.766. The Hall–Kier alpha value is -0.490. The lowest BCUT2D eigenvalue weighted by atomic mass is 10.3. The standard InChI is InChI=1S/C10H12ClN3S2/c1-14-6-7(5-13-14)15-9(4-12)8-2-3-10(11)16-8/h2-3,5-6,9H,4,12H2,1H3. The van der Waals surface area contributed by atoms with Crippen LogP contribution in [0.1, 0.15) is 10.1 Å². The molecule has 0 spiro atoms. The Kier molecular flexibility index (Phi) is 3.91. The van der Waals surface area contributed by atoms with Gasteiger partial charge in [-0.05, 0) is 12.1 Å². The number of halogens is 1. The molecular formula is C10H12ClN3S2. The number of nitrogens with zero attached hydrogens (tertiary/aromatic N) is 2. The number of thioether (sulfide) groups is 1. The van der Waals surface area contributed by atoms with Crippen LogP contribution in [-0.2, 0) is 7.05 Å². The number of rotatable bonds is 4. The van der Waals surface area contributed by atoms with Gasteiger partial charge in [0.15, 0.2) is 0 Å². The molecule has 2 aromatic rings. The molecule has 0 amide bonds. The number of hydrogen-bond acceptors (Lipinski definition) is 4. The molecule has 2 aromatic heterocycles. The van der Waals surface area contributed by atoms with E-state index in [1.807, 2.05) is 31.6 Å². The summed E-state index contributed by atoms with van der Waals surface area (Å²) in [5.41, 5.74) is 5.78. The Balaban J connectivity index is 2.12. The lowest BCUT2D eigenvalue weighted by Crippen LogP contribution is -2.07. The summed E-state index contributed by atoms with van der Waals surface area (Å²) in [6, 6.07) is 3.95. The maximum atomic E-state index is 5.92. The third-order valence-corrected chi connectivity index (χ3v) is 4.79. The third-order valence-electron chi connectivity index (χ3n) is 2.08. The molecule has 0 aliphatic heterocycles. The van der Waals surface area contributed by atoms with E-state index < -0.39 is 0 Å². The molecule has 1 unspecified atom stereocenters. The number of aryl methyl sites for hydroxylation is 1. The van der Waals surface area contributed by atoms with Gasteiger partial charge in [-0.3, -0.25) is 4.68 Å². The molecule has 2 rings (SSSR count). The van der Waals surface area contributed by atoms with E-state index in [9.17, 15) is 0 Å². The van der Waals surface area contributed by atoms with Gasteiger partial charge in [-0.25, -0.2) is 0 Å². The normalized spacial score (nSPS) is 12.9. The SMILES string of the molecule is Cn1cc(SC(CN)c2ccc(Cl)s2)cn1. The predicted molar refractivity (Wildman–Crippen MR) is 70.2 cm³/mol. The van der Waals surface area contributed by atoms with Crippen LogP contribution in [0.2, 0.25) is 4.34 Å². The molecule has 6 heteroatoms. The molecule has 2 N–H and O–H groups in total. The minimum absolute atomic E-state index is 0.252. The Morgan fingerprint density at radius 3 is 2.94 bits per heavy atom. The van der Waals surface area contributed by atoms with Gasteiger partial charge in [0.2, 0.25) is 0 Å². The van der Waals surface area contributed by atoms with Gasteiger partial charge in [-0.2, -0.15) is 5.10 Å². The molecule has 3 nitrogen and oxygen atoms in total. The van der Waals surface area contributed by atoms with Gasteiger partial charge in [0, 0.05) is 29.6 Å². The zero-order chi connectivity index (χ0) is 11.5. The van der Waals surface area contributed by atoms with Crippen LogP contribution in [0.15, 0.2) is 29.4 Å². The Labute approximate surface area is 108 Å². The first-order chi connectivity index (χ1) is 7.69. The summed E-state index contributed by atoms with van der Waals surface area (Å²) in [5.74, 6) is 0. The van der Waals surface area contributed by atoms with Crippen molar-refractivity contribution >= 4 is 34.7 Å². The van der Waals surface area contributed by atoms with E-state index in [4.69, 9.17) is 17.3 Å². The van der Waals surface area contributed by atoms with E-state index >= 15 is 0 Å².